The predicted octanol–water partition coefficient (Wildman–Crippen LogP) is 15.6. The predicted molar refractivity (Wildman–Crippen MR) is 275 cm³/mol. The van der Waals surface area contributed by atoms with Gasteiger partial charge in [0.05, 0.1) is 22.8 Å². The van der Waals surface area contributed by atoms with Gasteiger partial charge in [0.1, 0.15) is 0 Å². The van der Waals surface area contributed by atoms with E-state index in [1.807, 2.05) is 38.1 Å². The Hall–Kier alpha value is -6.23. The van der Waals surface area contributed by atoms with Gasteiger partial charge in [0.25, 0.3) is 0 Å². The quantitative estimate of drug-likeness (QED) is 0.0975. The third kappa shape index (κ3) is 23.3. The molecule has 72 heavy (non-hydrogen) atoms. The van der Waals surface area contributed by atoms with E-state index in [2.05, 4.69) is 172 Å². The maximum absolute atomic E-state index is 9.75. The van der Waals surface area contributed by atoms with Gasteiger partial charge in [-0.05, 0) is 166 Å². The van der Waals surface area contributed by atoms with Crippen molar-refractivity contribution in [1.82, 2.24) is 40.8 Å². The van der Waals surface area contributed by atoms with Crippen LogP contribution in [0.25, 0.3) is 45.0 Å². The van der Waals surface area contributed by atoms with E-state index < -0.39 is 14.5 Å². The van der Waals surface area contributed by atoms with Crippen molar-refractivity contribution in [2.45, 2.75) is 96.9 Å². The topological polar surface area (TPSA) is 124 Å². The second kappa shape index (κ2) is 30.6. The molecule has 0 unspecified atom stereocenters. The fraction of sp³-hybridized carbons (Fsp3) is 0.308. The van der Waals surface area contributed by atoms with Crippen LogP contribution in [-0.4, -0.2) is 68.5 Å². The van der Waals surface area contributed by atoms with Gasteiger partial charge < -0.3 is 39.3 Å². The molecule has 0 amide bonds. The van der Waals surface area contributed by atoms with Crippen LogP contribution >= 0.6 is 0 Å². The molecule has 0 saturated heterocycles. The van der Waals surface area contributed by atoms with Gasteiger partial charge in [-0.2, -0.15) is 20.4 Å². The third-order valence-corrected chi connectivity index (χ3v) is 10.2. The Bertz CT molecular complexity index is 2310. The molecule has 4 aromatic carbocycles. The maximum atomic E-state index is 9.75. The summed E-state index contributed by atoms with van der Waals surface area (Å²) in [6.07, 6.45) is 7.14. The van der Waals surface area contributed by atoms with Crippen molar-refractivity contribution < 1.29 is 56.3 Å². The molecule has 0 saturated carbocycles. The van der Waals surface area contributed by atoms with Crippen LogP contribution in [0.2, 0.25) is 0 Å². The van der Waals surface area contributed by atoms with Crippen LogP contribution in [0.4, 0.5) is 34.5 Å². The average molecular weight is 1060 g/mol. The zero-order valence-electron chi connectivity index (χ0n) is 43.3. The van der Waals surface area contributed by atoms with Gasteiger partial charge in [-0.1, -0.05) is 70.8 Å². The molecule has 393 valence electrons. The van der Waals surface area contributed by atoms with E-state index in [0.717, 1.165) is 36.0 Å². The van der Waals surface area contributed by atoms with Crippen LogP contribution in [-0.2, 0) is 21.8 Å². The Morgan fingerprint density at radius 3 is 0.597 bits per heavy atom. The molecule has 0 aliphatic carbocycles. The van der Waals surface area contributed by atoms with Crippen LogP contribution in [0, 0.1) is 83.1 Å². The molecule has 1 radical (unpaired) electrons. The first kappa shape index (κ1) is 63.8. The van der Waals surface area contributed by atoms with Crippen molar-refractivity contribution in [3.8, 4) is 45.0 Å². The van der Waals surface area contributed by atoms with Crippen molar-refractivity contribution in [2.24, 2.45) is 0 Å². The van der Waals surface area contributed by atoms with Gasteiger partial charge in [0.2, 0.25) is 0 Å². The Balaban J connectivity index is 0.000000437. The molecule has 9 nitrogen and oxygen atoms in total. The minimum atomic E-state index is -6.00. The van der Waals surface area contributed by atoms with Crippen LogP contribution in [0.3, 0.4) is 0 Å². The zero-order chi connectivity index (χ0) is 53.6. The number of aromatic amines is 4. The molecular weight excluding hydrogens is 990 g/mol. The summed E-state index contributed by atoms with van der Waals surface area (Å²) in [5, 5.41) is 27.9. The fourth-order valence-corrected chi connectivity index (χ4v) is 8.20. The van der Waals surface area contributed by atoms with Gasteiger partial charge in [-0.15, -0.1) is 0 Å². The summed E-state index contributed by atoms with van der Waals surface area (Å²) in [5.41, 5.74) is 25.1. The normalized spacial score (nSPS) is 10.4. The second-order valence-corrected chi connectivity index (χ2v) is 16.7. The number of hydrogen-bond acceptors (Lipinski definition) is 5. The van der Waals surface area contributed by atoms with E-state index in [9.17, 15) is 34.5 Å². The molecule has 0 spiro atoms. The standard InChI is InChI=1S/4C12H14N2.C4H10O.2BF4.Cu/c4*1-8-6-9(2)12(10(3)7-8)11-4-5-13-14-11;1-3-5-4-2;2*2-1(3,4)5;/h4*4-7H,1-3H3,(H,13,14);3-4H2,1-2H3;;;/q;;;;;2*-1;+2. The van der Waals surface area contributed by atoms with Gasteiger partial charge in [-0.3, -0.25) is 20.4 Å². The first-order chi connectivity index (χ1) is 33.1. The number of nitrogens with one attached hydrogen (secondary N) is 4. The van der Waals surface area contributed by atoms with Crippen molar-refractivity contribution in [2.75, 3.05) is 13.2 Å². The van der Waals surface area contributed by atoms with Crippen LogP contribution in [0.1, 0.15) is 80.6 Å². The Morgan fingerprint density at radius 1 is 0.347 bits per heavy atom. The van der Waals surface area contributed by atoms with Crippen LogP contribution in [0.5, 0.6) is 0 Å². The van der Waals surface area contributed by atoms with Gasteiger partial charge >= 0.3 is 31.6 Å². The molecular formula is C52H66B2CuF8N8O. The third-order valence-electron chi connectivity index (χ3n) is 10.2. The number of halogens is 8. The number of rotatable bonds is 6. The molecule has 0 atom stereocenters. The molecule has 0 aliphatic rings. The Kier molecular flexibility index (Phi) is 27.1. The molecule has 4 aromatic heterocycles. The average Bonchev–Trinajstić information content (AvgIpc) is 4.07. The minimum absolute atomic E-state index is 0. The van der Waals surface area contributed by atoms with Crippen LogP contribution in [0.15, 0.2) is 97.6 Å². The number of aryl methyl sites for hydroxylation is 12. The van der Waals surface area contributed by atoms with E-state index in [1.54, 1.807) is 24.8 Å². The van der Waals surface area contributed by atoms with Crippen molar-refractivity contribution in [3.05, 3.63) is 164 Å². The van der Waals surface area contributed by atoms with Crippen molar-refractivity contribution >= 4 is 14.5 Å². The zero-order valence-corrected chi connectivity index (χ0v) is 44.3. The summed E-state index contributed by atoms with van der Waals surface area (Å²) in [6.45, 7) is 31.2. The van der Waals surface area contributed by atoms with Gasteiger partial charge in [0, 0.05) is 60.3 Å². The smallest absolute Gasteiger partial charge is 0.418 e. The van der Waals surface area contributed by atoms with E-state index >= 15 is 0 Å². The number of hydrogen-bond donors (Lipinski definition) is 4. The summed E-state index contributed by atoms with van der Waals surface area (Å²) < 4.78 is 82.8. The maximum Gasteiger partial charge on any atom is 2.00 e. The van der Waals surface area contributed by atoms with E-state index in [4.69, 9.17) is 4.74 Å². The molecule has 0 bridgehead atoms. The summed E-state index contributed by atoms with van der Waals surface area (Å²) in [7, 11) is -12.0. The molecule has 0 fully saturated rings. The van der Waals surface area contributed by atoms with Gasteiger partial charge in [-0.25, -0.2) is 0 Å². The van der Waals surface area contributed by atoms with E-state index in [1.165, 1.54) is 89.0 Å². The number of nitrogens with zero attached hydrogens (tertiary/aromatic N) is 4. The Morgan fingerprint density at radius 2 is 0.500 bits per heavy atom. The number of benzene rings is 4. The molecule has 4 N–H and O–H groups in total. The first-order valence-electron chi connectivity index (χ1n) is 22.8. The Labute approximate surface area is 429 Å². The number of aromatic nitrogens is 8. The summed E-state index contributed by atoms with van der Waals surface area (Å²) in [4.78, 5) is 0. The van der Waals surface area contributed by atoms with E-state index in [-0.39, 0.29) is 17.1 Å². The molecule has 8 aromatic rings. The van der Waals surface area contributed by atoms with Crippen LogP contribution < -0.4 is 0 Å². The number of ether oxygens (including phenoxy) is 1. The molecule has 8 rings (SSSR count). The SMILES string of the molecule is CCOCC.Cc1cc(C)c(-c2ccn[nH]2)c(C)c1.Cc1cc(C)c(-c2ccn[nH]2)c(C)c1.Cc1cc(C)c(-c2ccn[nH]2)c(C)c1.Cc1cc(C)c(-c2ccn[nH]2)c(C)c1.F[B-](F)(F)F.F[B-](F)(F)F.[Cu+2]. The van der Waals surface area contributed by atoms with Gasteiger partial charge in [0.15, 0.2) is 0 Å². The van der Waals surface area contributed by atoms with Crippen molar-refractivity contribution in [1.29, 1.82) is 0 Å². The second-order valence-electron chi connectivity index (χ2n) is 16.7. The summed E-state index contributed by atoms with van der Waals surface area (Å²) in [5.74, 6) is 0. The monoisotopic (exact) mass is 1060 g/mol. The fourth-order valence-electron chi connectivity index (χ4n) is 8.20. The summed E-state index contributed by atoms with van der Waals surface area (Å²) >= 11 is 0. The number of H-pyrrole nitrogens is 4. The van der Waals surface area contributed by atoms with Crippen molar-refractivity contribution in [3.63, 3.8) is 0 Å². The summed E-state index contributed by atoms with van der Waals surface area (Å²) in [6, 6.07) is 25.6. The molecule has 4 heterocycles. The molecule has 20 heteroatoms. The largest absolute Gasteiger partial charge is 2.00 e. The minimum Gasteiger partial charge on any atom is -0.418 e. The molecule has 0 aliphatic heterocycles. The first-order valence-corrected chi connectivity index (χ1v) is 22.8. The van der Waals surface area contributed by atoms with E-state index in [0.29, 0.717) is 0 Å².